The van der Waals surface area contributed by atoms with Gasteiger partial charge in [-0.05, 0) is 72.3 Å². The number of hydrogen-bond acceptors (Lipinski definition) is 9. The van der Waals surface area contributed by atoms with Crippen molar-refractivity contribution in [3.63, 3.8) is 0 Å². The molecule has 0 radical (unpaired) electrons. The largest absolute Gasteiger partial charge is 0.497 e. The Kier molecular flexibility index (Phi) is 11.1. The van der Waals surface area contributed by atoms with Crippen LogP contribution >= 0.6 is 11.3 Å². The number of methoxy groups -OCH3 is 2. The van der Waals surface area contributed by atoms with E-state index in [0.717, 1.165) is 32.0 Å². The summed E-state index contributed by atoms with van der Waals surface area (Å²) >= 11 is 1.55. The maximum Gasteiger partial charge on any atom is 0.329 e. The zero-order chi connectivity index (χ0) is 29.0. The van der Waals surface area contributed by atoms with Crippen LogP contribution in [0.1, 0.15) is 15.9 Å². The number of fused-ring (bicyclic) bond motifs is 1. The lowest BCUT2D eigenvalue weighted by atomic mass is 9.97. The Morgan fingerprint density at radius 2 is 1.29 bits per heavy atom. The van der Waals surface area contributed by atoms with E-state index in [0.29, 0.717) is 49.9 Å². The molecule has 216 valence electrons. The Hall–Kier alpha value is -3.96. The standard InChI is InChI=1S/C31H32O9S/c1-35-23-7-5-22(6-8-23)31-29(26-12-11-25(36-2)19-27(26)41-31)30(34)21-3-9-24(10-4-21)40-18-17-38-14-13-37-15-16-39-20-28(32)33/h3-12,19H,13-18,20H2,1-2H3,(H,32,33). The van der Waals surface area contributed by atoms with Crippen LogP contribution in [-0.2, 0) is 19.0 Å². The van der Waals surface area contributed by atoms with Crippen LogP contribution in [0.15, 0.2) is 66.7 Å². The van der Waals surface area contributed by atoms with E-state index in [1.54, 1.807) is 49.8 Å². The van der Waals surface area contributed by atoms with Gasteiger partial charge in [-0.1, -0.05) is 0 Å². The molecule has 0 spiro atoms. The summed E-state index contributed by atoms with van der Waals surface area (Å²) in [5.74, 6) is 1.03. The summed E-state index contributed by atoms with van der Waals surface area (Å²) in [4.78, 5) is 25.1. The van der Waals surface area contributed by atoms with Crippen LogP contribution in [0, 0.1) is 0 Å². The molecule has 1 N–H and O–H groups in total. The monoisotopic (exact) mass is 580 g/mol. The number of rotatable bonds is 17. The normalized spacial score (nSPS) is 11.0. The highest BCUT2D eigenvalue weighted by atomic mass is 32.1. The maximum absolute atomic E-state index is 13.8. The van der Waals surface area contributed by atoms with Crippen LogP contribution in [0.3, 0.4) is 0 Å². The van der Waals surface area contributed by atoms with Gasteiger partial charge in [-0.3, -0.25) is 4.79 Å². The number of carbonyl (C=O) groups is 2. The number of ketones is 1. The predicted molar refractivity (Wildman–Crippen MR) is 156 cm³/mol. The number of carbonyl (C=O) groups excluding carboxylic acids is 1. The Bertz CT molecular complexity index is 1430. The van der Waals surface area contributed by atoms with Crippen molar-refractivity contribution in [3.8, 4) is 27.7 Å². The molecule has 0 aliphatic rings. The fraction of sp³-hybridized carbons (Fsp3) is 0.290. The topological polar surface area (TPSA) is 110 Å². The second kappa shape index (κ2) is 15.2. The molecular formula is C31H32O9S. The molecule has 0 aliphatic heterocycles. The van der Waals surface area contributed by atoms with E-state index in [9.17, 15) is 9.59 Å². The van der Waals surface area contributed by atoms with Gasteiger partial charge in [-0.25, -0.2) is 4.79 Å². The number of ether oxygens (including phenoxy) is 6. The summed E-state index contributed by atoms with van der Waals surface area (Å²) in [7, 11) is 3.25. The molecule has 0 atom stereocenters. The van der Waals surface area contributed by atoms with Crippen LogP contribution in [0.5, 0.6) is 17.2 Å². The molecule has 4 rings (SSSR count). The molecule has 9 nitrogen and oxygen atoms in total. The van der Waals surface area contributed by atoms with E-state index in [-0.39, 0.29) is 19.0 Å². The van der Waals surface area contributed by atoms with Crippen molar-refractivity contribution in [2.45, 2.75) is 0 Å². The number of aliphatic carboxylic acids is 1. The minimum Gasteiger partial charge on any atom is -0.497 e. The molecule has 0 amide bonds. The highest BCUT2D eigenvalue weighted by Crippen LogP contribution is 2.41. The molecule has 1 aromatic heterocycles. The Labute approximate surface area is 242 Å². The molecule has 0 fully saturated rings. The quantitative estimate of drug-likeness (QED) is 0.131. The number of carboxylic acids is 1. The minimum absolute atomic E-state index is 0.0736. The number of thiophene rings is 1. The second-order valence-corrected chi connectivity index (χ2v) is 9.82. The fourth-order valence-corrected chi connectivity index (χ4v) is 5.27. The number of hydrogen-bond donors (Lipinski definition) is 1. The van der Waals surface area contributed by atoms with Crippen LogP contribution < -0.4 is 14.2 Å². The minimum atomic E-state index is -1.01. The van der Waals surface area contributed by atoms with E-state index < -0.39 is 5.97 Å². The van der Waals surface area contributed by atoms with Gasteiger partial charge in [0.05, 0.1) is 47.3 Å². The van der Waals surface area contributed by atoms with Crippen molar-refractivity contribution < 1.29 is 43.1 Å². The zero-order valence-corrected chi connectivity index (χ0v) is 23.7. The van der Waals surface area contributed by atoms with Crippen molar-refractivity contribution in [2.24, 2.45) is 0 Å². The summed E-state index contributed by atoms with van der Waals surface area (Å²) in [6, 6.07) is 20.5. The molecule has 0 saturated heterocycles. The van der Waals surface area contributed by atoms with Gasteiger partial charge in [0, 0.05) is 26.1 Å². The van der Waals surface area contributed by atoms with E-state index in [2.05, 4.69) is 0 Å². The van der Waals surface area contributed by atoms with E-state index in [1.807, 2.05) is 42.5 Å². The summed E-state index contributed by atoms with van der Waals surface area (Å²) in [5, 5.41) is 9.37. The van der Waals surface area contributed by atoms with Gasteiger partial charge in [0.25, 0.3) is 0 Å². The lowest BCUT2D eigenvalue weighted by Gasteiger charge is -2.09. The first-order chi connectivity index (χ1) is 20.0. The molecule has 0 unspecified atom stereocenters. The van der Waals surface area contributed by atoms with Crippen LogP contribution in [0.4, 0.5) is 0 Å². The lowest BCUT2D eigenvalue weighted by Crippen LogP contribution is -2.14. The average Bonchev–Trinajstić information content (AvgIpc) is 3.38. The lowest BCUT2D eigenvalue weighted by molar-refractivity contribution is -0.142. The first-order valence-corrected chi connectivity index (χ1v) is 13.8. The maximum atomic E-state index is 13.8. The van der Waals surface area contributed by atoms with Crippen molar-refractivity contribution in [1.82, 2.24) is 0 Å². The molecule has 3 aromatic carbocycles. The molecule has 1 heterocycles. The molecule has 0 saturated carbocycles. The number of benzene rings is 3. The molecule has 10 heteroatoms. The molecular weight excluding hydrogens is 548 g/mol. The molecule has 41 heavy (non-hydrogen) atoms. The smallest absolute Gasteiger partial charge is 0.329 e. The van der Waals surface area contributed by atoms with Crippen molar-refractivity contribution >= 4 is 33.2 Å². The van der Waals surface area contributed by atoms with Gasteiger partial charge < -0.3 is 33.5 Å². The van der Waals surface area contributed by atoms with Gasteiger partial charge in [-0.15, -0.1) is 11.3 Å². The predicted octanol–water partition coefficient (Wildman–Crippen LogP) is 5.33. The Balaban J connectivity index is 1.35. The summed E-state index contributed by atoms with van der Waals surface area (Å²) in [5.41, 5.74) is 2.14. The first kappa shape index (κ1) is 30.0. The molecule has 0 aliphatic carbocycles. The Morgan fingerprint density at radius 1 is 0.707 bits per heavy atom. The van der Waals surface area contributed by atoms with Crippen molar-refractivity contribution in [3.05, 3.63) is 77.9 Å². The molecule has 0 bridgehead atoms. The van der Waals surface area contributed by atoms with Gasteiger partial charge in [0.15, 0.2) is 5.78 Å². The highest BCUT2D eigenvalue weighted by molar-refractivity contribution is 7.22. The van der Waals surface area contributed by atoms with Crippen molar-refractivity contribution in [2.75, 3.05) is 60.5 Å². The van der Waals surface area contributed by atoms with Gasteiger partial charge in [-0.2, -0.15) is 0 Å². The van der Waals surface area contributed by atoms with Crippen LogP contribution in [-0.4, -0.2) is 77.3 Å². The first-order valence-electron chi connectivity index (χ1n) is 13.0. The summed E-state index contributed by atoms with van der Waals surface area (Å²) in [6.07, 6.45) is 0. The third-order valence-corrected chi connectivity index (χ3v) is 7.26. The average molecular weight is 581 g/mol. The van der Waals surface area contributed by atoms with E-state index in [1.165, 1.54) is 0 Å². The second-order valence-electron chi connectivity index (χ2n) is 8.77. The summed E-state index contributed by atoms with van der Waals surface area (Å²) in [6.45, 7) is 1.64. The van der Waals surface area contributed by atoms with Crippen LogP contribution in [0.25, 0.3) is 20.5 Å². The van der Waals surface area contributed by atoms with Gasteiger partial charge >= 0.3 is 5.97 Å². The third kappa shape index (κ3) is 8.27. The Morgan fingerprint density at radius 3 is 1.93 bits per heavy atom. The van der Waals surface area contributed by atoms with Gasteiger partial charge in [0.2, 0.25) is 0 Å². The van der Waals surface area contributed by atoms with Crippen molar-refractivity contribution in [1.29, 1.82) is 0 Å². The highest BCUT2D eigenvalue weighted by Gasteiger charge is 2.22. The fourth-order valence-electron chi connectivity index (χ4n) is 4.04. The molecule has 4 aromatic rings. The van der Waals surface area contributed by atoms with Gasteiger partial charge in [0.1, 0.15) is 30.5 Å². The van der Waals surface area contributed by atoms with Crippen LogP contribution in [0.2, 0.25) is 0 Å². The third-order valence-electron chi connectivity index (χ3n) is 6.06. The van der Waals surface area contributed by atoms with E-state index in [4.69, 9.17) is 33.5 Å². The number of carboxylic acid groups (broad SMARTS) is 1. The van der Waals surface area contributed by atoms with E-state index >= 15 is 0 Å². The summed E-state index contributed by atoms with van der Waals surface area (Å²) < 4.78 is 33.1. The SMILES string of the molecule is COc1ccc(-c2sc3cc(OC)ccc3c2C(=O)c2ccc(OCCOCCOCCOCC(=O)O)cc2)cc1. The zero-order valence-electron chi connectivity index (χ0n) is 22.9.